The van der Waals surface area contributed by atoms with Crippen LogP contribution in [0.3, 0.4) is 0 Å². The van der Waals surface area contributed by atoms with E-state index in [1.807, 2.05) is 68.4 Å². The molecule has 1 aromatic heterocycles. The maximum Gasteiger partial charge on any atom is 0.252 e. The van der Waals surface area contributed by atoms with Gasteiger partial charge in [0.25, 0.3) is 5.91 Å². The number of nitrogens with one attached hydrogen (secondary N) is 1. The standard InChI is InChI=1S/C25H25NO4/c1-25(2)16-22(21-14-18(28-3)11-12-23(21)30-25)26-24(27)20(15-19-10-7-13-29-19)17-8-5-4-6-9-17/h4-15,22H,16H2,1-3H3,(H,26,27)/b20-15+/t22-/m1/s1. The van der Waals surface area contributed by atoms with Crippen molar-refractivity contribution in [3.05, 3.63) is 83.8 Å². The van der Waals surface area contributed by atoms with Gasteiger partial charge < -0.3 is 19.2 Å². The lowest BCUT2D eigenvalue weighted by atomic mass is 9.89. The lowest BCUT2D eigenvalue weighted by Crippen LogP contribution is -2.41. The molecule has 0 aliphatic carbocycles. The second-order valence-electron chi connectivity index (χ2n) is 7.94. The summed E-state index contributed by atoms with van der Waals surface area (Å²) in [6, 6.07) is 18.7. The highest BCUT2D eigenvalue weighted by Crippen LogP contribution is 2.41. The Morgan fingerprint density at radius 3 is 2.63 bits per heavy atom. The first-order valence-electron chi connectivity index (χ1n) is 9.94. The molecular weight excluding hydrogens is 378 g/mol. The zero-order valence-corrected chi connectivity index (χ0v) is 17.3. The van der Waals surface area contributed by atoms with E-state index in [9.17, 15) is 4.79 Å². The molecule has 0 bridgehead atoms. The van der Waals surface area contributed by atoms with E-state index in [-0.39, 0.29) is 11.9 Å². The second-order valence-corrected chi connectivity index (χ2v) is 7.94. The van der Waals surface area contributed by atoms with Gasteiger partial charge in [0.2, 0.25) is 0 Å². The smallest absolute Gasteiger partial charge is 0.252 e. The van der Waals surface area contributed by atoms with E-state index in [0.717, 1.165) is 22.6 Å². The highest BCUT2D eigenvalue weighted by molar-refractivity contribution is 6.24. The third-order valence-electron chi connectivity index (χ3n) is 5.14. The summed E-state index contributed by atoms with van der Waals surface area (Å²) in [6.07, 6.45) is 4.00. The van der Waals surface area contributed by atoms with Crippen LogP contribution >= 0.6 is 0 Å². The van der Waals surface area contributed by atoms with Gasteiger partial charge in [-0.3, -0.25) is 4.79 Å². The van der Waals surface area contributed by atoms with Gasteiger partial charge in [-0.1, -0.05) is 30.3 Å². The minimum absolute atomic E-state index is 0.172. The largest absolute Gasteiger partial charge is 0.497 e. The van der Waals surface area contributed by atoms with Crippen molar-refractivity contribution in [3.63, 3.8) is 0 Å². The zero-order chi connectivity index (χ0) is 21.1. The molecule has 1 aliphatic heterocycles. The summed E-state index contributed by atoms with van der Waals surface area (Å²) < 4.78 is 17.0. The van der Waals surface area contributed by atoms with Crippen LogP contribution in [0.25, 0.3) is 11.6 Å². The molecule has 0 unspecified atom stereocenters. The highest BCUT2D eigenvalue weighted by atomic mass is 16.5. The molecule has 1 N–H and O–H groups in total. The van der Waals surface area contributed by atoms with Crippen LogP contribution in [0, 0.1) is 0 Å². The van der Waals surface area contributed by atoms with E-state index < -0.39 is 5.60 Å². The summed E-state index contributed by atoms with van der Waals surface area (Å²) in [5.74, 6) is 1.94. The fourth-order valence-electron chi connectivity index (χ4n) is 3.74. The lowest BCUT2D eigenvalue weighted by Gasteiger charge is -2.38. The summed E-state index contributed by atoms with van der Waals surface area (Å²) in [7, 11) is 1.63. The number of fused-ring (bicyclic) bond motifs is 1. The average Bonchev–Trinajstić information content (AvgIpc) is 3.25. The van der Waals surface area contributed by atoms with Gasteiger partial charge in [-0.05, 0) is 55.8 Å². The highest BCUT2D eigenvalue weighted by Gasteiger charge is 2.35. The van der Waals surface area contributed by atoms with Crippen LogP contribution in [0.1, 0.15) is 43.2 Å². The first-order valence-corrected chi connectivity index (χ1v) is 9.94. The molecule has 4 rings (SSSR count). The van der Waals surface area contributed by atoms with Crippen LogP contribution in [0.5, 0.6) is 11.5 Å². The summed E-state index contributed by atoms with van der Waals surface area (Å²) >= 11 is 0. The molecule has 5 heteroatoms. The molecule has 0 fully saturated rings. The van der Waals surface area contributed by atoms with Gasteiger partial charge >= 0.3 is 0 Å². The molecule has 5 nitrogen and oxygen atoms in total. The van der Waals surface area contributed by atoms with Crippen LogP contribution in [0.4, 0.5) is 0 Å². The topological polar surface area (TPSA) is 60.7 Å². The molecule has 1 amide bonds. The first kappa shape index (κ1) is 19.8. The van der Waals surface area contributed by atoms with Crippen molar-refractivity contribution in [1.82, 2.24) is 5.32 Å². The van der Waals surface area contributed by atoms with Crippen molar-refractivity contribution < 1.29 is 18.7 Å². The number of carbonyl (C=O) groups excluding carboxylic acids is 1. The number of rotatable bonds is 5. The predicted octanol–water partition coefficient (Wildman–Crippen LogP) is 5.25. The molecular formula is C25H25NO4. The van der Waals surface area contributed by atoms with Gasteiger partial charge in [0.15, 0.2) is 0 Å². The van der Waals surface area contributed by atoms with Crippen LogP contribution in [0.15, 0.2) is 71.3 Å². The summed E-state index contributed by atoms with van der Waals surface area (Å²) in [6.45, 7) is 4.05. The Hall–Kier alpha value is -3.47. The minimum Gasteiger partial charge on any atom is -0.497 e. The Morgan fingerprint density at radius 1 is 1.13 bits per heavy atom. The molecule has 2 aromatic carbocycles. The number of hydrogen-bond donors (Lipinski definition) is 1. The lowest BCUT2D eigenvalue weighted by molar-refractivity contribution is -0.116. The van der Waals surface area contributed by atoms with Crippen molar-refractivity contribution >= 4 is 17.6 Å². The number of hydrogen-bond acceptors (Lipinski definition) is 4. The van der Waals surface area contributed by atoms with E-state index in [0.29, 0.717) is 17.8 Å². The number of carbonyl (C=O) groups is 1. The Labute approximate surface area is 176 Å². The third kappa shape index (κ3) is 4.25. The summed E-state index contributed by atoms with van der Waals surface area (Å²) in [4.78, 5) is 13.4. The third-order valence-corrected chi connectivity index (χ3v) is 5.14. The van der Waals surface area contributed by atoms with Gasteiger partial charge in [-0.2, -0.15) is 0 Å². The fraction of sp³-hybridized carbons (Fsp3) is 0.240. The molecule has 0 saturated heterocycles. The molecule has 2 heterocycles. The molecule has 0 spiro atoms. The maximum absolute atomic E-state index is 13.4. The monoisotopic (exact) mass is 403 g/mol. The van der Waals surface area contributed by atoms with Crippen LogP contribution < -0.4 is 14.8 Å². The fourth-order valence-corrected chi connectivity index (χ4v) is 3.74. The van der Waals surface area contributed by atoms with Crippen molar-refractivity contribution in [1.29, 1.82) is 0 Å². The first-order chi connectivity index (χ1) is 14.4. The van der Waals surface area contributed by atoms with E-state index >= 15 is 0 Å². The summed E-state index contributed by atoms with van der Waals surface area (Å²) in [5.41, 5.74) is 1.87. The Bertz CT molecular complexity index is 1050. The number of benzene rings is 2. The van der Waals surface area contributed by atoms with E-state index in [1.54, 1.807) is 25.5 Å². The van der Waals surface area contributed by atoms with Crippen molar-refractivity contribution in [2.24, 2.45) is 0 Å². The van der Waals surface area contributed by atoms with Crippen LogP contribution in [0.2, 0.25) is 0 Å². The average molecular weight is 403 g/mol. The van der Waals surface area contributed by atoms with Crippen molar-refractivity contribution in [3.8, 4) is 11.5 Å². The Kier molecular flexibility index (Phi) is 5.36. The van der Waals surface area contributed by atoms with Gasteiger partial charge in [0.05, 0.1) is 25.0 Å². The van der Waals surface area contributed by atoms with Crippen molar-refractivity contribution in [2.45, 2.75) is 31.9 Å². The van der Waals surface area contributed by atoms with Crippen LogP contribution in [-0.4, -0.2) is 18.6 Å². The minimum atomic E-state index is -0.406. The van der Waals surface area contributed by atoms with E-state index in [4.69, 9.17) is 13.9 Å². The van der Waals surface area contributed by atoms with Crippen LogP contribution in [-0.2, 0) is 4.79 Å². The normalized spacial score (nSPS) is 17.6. The number of ether oxygens (including phenoxy) is 2. The SMILES string of the molecule is COc1ccc2c(c1)[C@H](NC(=O)/C(=C/c1ccco1)c1ccccc1)CC(C)(C)O2. The van der Waals surface area contributed by atoms with E-state index in [2.05, 4.69) is 5.32 Å². The molecule has 1 atom stereocenters. The molecule has 154 valence electrons. The van der Waals surface area contributed by atoms with Gasteiger partial charge in [-0.15, -0.1) is 0 Å². The maximum atomic E-state index is 13.4. The summed E-state index contributed by atoms with van der Waals surface area (Å²) in [5, 5.41) is 3.21. The predicted molar refractivity (Wildman–Crippen MR) is 116 cm³/mol. The van der Waals surface area contributed by atoms with Gasteiger partial charge in [-0.25, -0.2) is 0 Å². The number of amides is 1. The van der Waals surface area contributed by atoms with Gasteiger partial charge in [0.1, 0.15) is 22.9 Å². The van der Waals surface area contributed by atoms with Crippen molar-refractivity contribution in [2.75, 3.05) is 7.11 Å². The molecule has 3 aromatic rings. The quantitative estimate of drug-likeness (QED) is 0.591. The Morgan fingerprint density at radius 2 is 1.93 bits per heavy atom. The molecule has 30 heavy (non-hydrogen) atoms. The van der Waals surface area contributed by atoms with Gasteiger partial charge in [0, 0.05) is 12.0 Å². The zero-order valence-electron chi connectivity index (χ0n) is 17.3. The number of furan rings is 1. The Balaban J connectivity index is 1.69. The second kappa shape index (κ2) is 8.11. The van der Waals surface area contributed by atoms with E-state index in [1.165, 1.54) is 0 Å². The molecule has 0 saturated carbocycles. The molecule has 1 aliphatic rings. The number of methoxy groups -OCH3 is 1. The molecule has 0 radical (unpaired) electrons.